The van der Waals surface area contributed by atoms with Crippen LogP contribution in [0.15, 0.2) is 77.7 Å². The Labute approximate surface area is 258 Å². The molecule has 2 amide bonds. The van der Waals surface area contributed by atoms with Crippen molar-refractivity contribution in [3.63, 3.8) is 0 Å². The number of benzene rings is 3. The third kappa shape index (κ3) is 8.00. The van der Waals surface area contributed by atoms with Gasteiger partial charge in [0.2, 0.25) is 11.8 Å². The molecule has 4 rings (SSSR count). The van der Waals surface area contributed by atoms with Crippen molar-refractivity contribution in [2.75, 3.05) is 25.1 Å². The van der Waals surface area contributed by atoms with Crippen LogP contribution in [0.25, 0.3) is 0 Å². The van der Waals surface area contributed by atoms with Crippen molar-refractivity contribution < 1.29 is 27.5 Å². The van der Waals surface area contributed by atoms with E-state index in [0.29, 0.717) is 16.5 Å². The summed E-state index contributed by atoms with van der Waals surface area (Å²) in [6.07, 6.45) is 5.03. The first kappa shape index (κ1) is 32.2. The average molecular weight is 628 g/mol. The number of anilines is 1. The predicted molar refractivity (Wildman–Crippen MR) is 167 cm³/mol. The van der Waals surface area contributed by atoms with E-state index in [0.717, 1.165) is 42.0 Å². The van der Waals surface area contributed by atoms with Gasteiger partial charge in [0.05, 0.1) is 24.8 Å². The van der Waals surface area contributed by atoms with Crippen LogP contribution in [0.1, 0.15) is 44.6 Å². The number of hydrogen-bond acceptors (Lipinski definition) is 6. The minimum atomic E-state index is -4.20. The highest BCUT2D eigenvalue weighted by Gasteiger charge is 2.33. The second kappa shape index (κ2) is 14.6. The number of amides is 2. The number of halogens is 1. The molecule has 1 N–H and O–H groups in total. The summed E-state index contributed by atoms with van der Waals surface area (Å²) in [6, 6.07) is 18.7. The van der Waals surface area contributed by atoms with E-state index < -0.39 is 28.5 Å². The maximum absolute atomic E-state index is 14.1. The molecule has 0 saturated heterocycles. The molecule has 11 heteroatoms. The number of carbonyl (C=O) groups excluding carboxylic acids is 2. The smallest absolute Gasteiger partial charge is 0.264 e. The fraction of sp³-hybridized carbons (Fsp3) is 0.375. The summed E-state index contributed by atoms with van der Waals surface area (Å²) in [5.41, 5.74) is 0.958. The van der Waals surface area contributed by atoms with Crippen molar-refractivity contribution in [2.24, 2.45) is 0 Å². The molecular formula is C32H38ClN3O6S. The number of carbonyl (C=O) groups is 2. The van der Waals surface area contributed by atoms with Crippen LogP contribution in [0.2, 0.25) is 5.02 Å². The molecule has 230 valence electrons. The highest BCUT2D eigenvalue weighted by atomic mass is 35.5. The Kier molecular flexibility index (Phi) is 10.9. The van der Waals surface area contributed by atoms with Gasteiger partial charge in [0.25, 0.3) is 10.0 Å². The average Bonchev–Trinajstić information content (AvgIpc) is 3.03. The van der Waals surface area contributed by atoms with E-state index in [9.17, 15) is 18.0 Å². The number of ether oxygens (including phenoxy) is 2. The maximum Gasteiger partial charge on any atom is 0.264 e. The lowest BCUT2D eigenvalue weighted by molar-refractivity contribution is -0.139. The molecule has 0 spiro atoms. The van der Waals surface area contributed by atoms with E-state index in [2.05, 4.69) is 5.32 Å². The molecule has 9 nitrogen and oxygen atoms in total. The number of sulfonamides is 1. The summed E-state index contributed by atoms with van der Waals surface area (Å²) >= 11 is 6.09. The SMILES string of the molecule is COc1ccc(N(CC(=O)N(Cc2ccc(Cl)cc2)[C@@H](C)C(=O)NC2CCCCC2)S(=O)(=O)c2ccccc2)cc1OC. The summed E-state index contributed by atoms with van der Waals surface area (Å²) in [4.78, 5) is 29.0. The zero-order valence-corrected chi connectivity index (χ0v) is 26.2. The highest BCUT2D eigenvalue weighted by Crippen LogP contribution is 2.34. The number of nitrogens with zero attached hydrogens (tertiary/aromatic N) is 2. The number of methoxy groups -OCH3 is 2. The molecule has 0 bridgehead atoms. The maximum atomic E-state index is 14.1. The molecule has 43 heavy (non-hydrogen) atoms. The van der Waals surface area contributed by atoms with Gasteiger partial charge in [-0.3, -0.25) is 13.9 Å². The zero-order chi connectivity index (χ0) is 31.0. The van der Waals surface area contributed by atoms with Gasteiger partial charge < -0.3 is 19.7 Å². The standard InChI is InChI=1S/C32H38ClN3O6S/c1-23(32(38)34-26-10-6-4-7-11-26)35(21-24-14-16-25(33)17-15-24)31(37)22-36(43(39,40)28-12-8-5-9-13-28)27-18-19-29(41-2)30(20-27)42-3/h5,8-9,12-20,23,26H,4,6-7,10-11,21-22H2,1-3H3,(H,34,38)/t23-/m0/s1. The minimum absolute atomic E-state index is 0.0185. The molecule has 1 aliphatic carbocycles. The third-order valence-electron chi connectivity index (χ3n) is 7.65. The van der Waals surface area contributed by atoms with E-state index in [1.807, 2.05) is 0 Å². The summed E-state index contributed by atoms with van der Waals surface area (Å²) in [7, 11) is -1.28. The largest absolute Gasteiger partial charge is 0.493 e. The molecule has 3 aromatic rings. The van der Waals surface area contributed by atoms with Crippen LogP contribution in [0.4, 0.5) is 5.69 Å². The number of nitrogens with one attached hydrogen (secondary N) is 1. The van der Waals surface area contributed by atoms with E-state index in [1.54, 1.807) is 61.5 Å². The van der Waals surface area contributed by atoms with Crippen LogP contribution < -0.4 is 19.1 Å². The van der Waals surface area contributed by atoms with Gasteiger partial charge in [0, 0.05) is 23.7 Å². The summed E-state index contributed by atoms with van der Waals surface area (Å²) in [5.74, 6) is -0.112. The fourth-order valence-corrected chi connectivity index (χ4v) is 6.72. The number of rotatable bonds is 12. The first-order valence-corrected chi connectivity index (χ1v) is 16.1. The van der Waals surface area contributed by atoms with Gasteiger partial charge >= 0.3 is 0 Å². The summed E-state index contributed by atoms with van der Waals surface area (Å²) in [5, 5.41) is 3.64. The second-order valence-electron chi connectivity index (χ2n) is 10.5. The molecule has 0 aliphatic heterocycles. The molecule has 1 fully saturated rings. The lowest BCUT2D eigenvalue weighted by Crippen LogP contribution is -2.53. The molecule has 1 atom stereocenters. The van der Waals surface area contributed by atoms with Crippen molar-refractivity contribution in [1.29, 1.82) is 0 Å². The van der Waals surface area contributed by atoms with Crippen LogP contribution in [0.5, 0.6) is 11.5 Å². The van der Waals surface area contributed by atoms with Gasteiger partial charge in [-0.25, -0.2) is 8.42 Å². The van der Waals surface area contributed by atoms with Gasteiger partial charge in [-0.15, -0.1) is 0 Å². The molecule has 0 aromatic heterocycles. The predicted octanol–water partition coefficient (Wildman–Crippen LogP) is 5.42. The quantitative estimate of drug-likeness (QED) is 0.288. The lowest BCUT2D eigenvalue weighted by Gasteiger charge is -2.33. The first-order chi connectivity index (χ1) is 20.6. The molecule has 0 heterocycles. The molecule has 3 aromatic carbocycles. The molecular weight excluding hydrogens is 590 g/mol. The lowest BCUT2D eigenvalue weighted by atomic mass is 9.95. The Morgan fingerprint density at radius 3 is 2.21 bits per heavy atom. The first-order valence-electron chi connectivity index (χ1n) is 14.3. The molecule has 0 unspecified atom stereocenters. The van der Waals surface area contributed by atoms with Gasteiger partial charge in [-0.05, 0) is 61.7 Å². The topological polar surface area (TPSA) is 105 Å². The number of hydrogen-bond donors (Lipinski definition) is 1. The Bertz CT molecular complexity index is 1500. The Morgan fingerprint density at radius 1 is 0.930 bits per heavy atom. The van der Waals surface area contributed by atoms with Crippen LogP contribution in [-0.2, 0) is 26.2 Å². The van der Waals surface area contributed by atoms with E-state index >= 15 is 0 Å². The van der Waals surface area contributed by atoms with Gasteiger partial charge in [0.15, 0.2) is 11.5 Å². The molecule has 1 saturated carbocycles. The van der Waals surface area contributed by atoms with E-state index in [4.69, 9.17) is 21.1 Å². The van der Waals surface area contributed by atoms with Crippen LogP contribution in [0.3, 0.4) is 0 Å². The van der Waals surface area contributed by atoms with Crippen molar-refractivity contribution in [3.05, 3.63) is 83.4 Å². The monoisotopic (exact) mass is 627 g/mol. The van der Waals surface area contributed by atoms with Crippen molar-refractivity contribution >= 4 is 39.1 Å². The van der Waals surface area contributed by atoms with Gasteiger partial charge in [0.1, 0.15) is 12.6 Å². The molecule has 0 radical (unpaired) electrons. The third-order valence-corrected chi connectivity index (χ3v) is 9.69. The van der Waals surface area contributed by atoms with Crippen molar-refractivity contribution in [1.82, 2.24) is 10.2 Å². The summed E-state index contributed by atoms with van der Waals surface area (Å²) in [6.45, 7) is 1.19. The second-order valence-corrected chi connectivity index (χ2v) is 12.8. The Hall–Kier alpha value is -3.76. The Balaban J connectivity index is 1.70. The highest BCUT2D eigenvalue weighted by molar-refractivity contribution is 7.92. The van der Waals surface area contributed by atoms with Crippen molar-refractivity contribution in [3.8, 4) is 11.5 Å². The van der Waals surface area contributed by atoms with Crippen LogP contribution in [0, 0.1) is 0 Å². The van der Waals surface area contributed by atoms with Crippen LogP contribution in [-0.4, -0.2) is 58.0 Å². The van der Waals surface area contributed by atoms with Gasteiger partial charge in [-0.1, -0.05) is 61.2 Å². The fourth-order valence-electron chi connectivity index (χ4n) is 5.17. The Morgan fingerprint density at radius 2 is 1.58 bits per heavy atom. The van der Waals surface area contributed by atoms with Crippen molar-refractivity contribution in [2.45, 2.75) is 62.6 Å². The summed E-state index contributed by atoms with van der Waals surface area (Å²) < 4.78 is 39.8. The molecule has 1 aliphatic rings. The van der Waals surface area contributed by atoms with Gasteiger partial charge in [-0.2, -0.15) is 0 Å². The van der Waals surface area contributed by atoms with E-state index in [-0.39, 0.29) is 29.1 Å². The van der Waals surface area contributed by atoms with Crippen LogP contribution >= 0.6 is 11.6 Å². The normalized spacial score (nSPS) is 14.4. The van der Waals surface area contributed by atoms with E-state index in [1.165, 1.54) is 37.3 Å². The zero-order valence-electron chi connectivity index (χ0n) is 24.7. The minimum Gasteiger partial charge on any atom is -0.493 e.